The molecular weight excluding hydrogens is 426 g/mol. The average molecular weight is 452 g/mol. The fourth-order valence-electron chi connectivity index (χ4n) is 3.05. The van der Waals surface area contributed by atoms with Gasteiger partial charge in [-0.05, 0) is 30.7 Å². The first-order valence-electron chi connectivity index (χ1n) is 9.71. The van der Waals surface area contributed by atoms with Crippen molar-refractivity contribution in [2.45, 2.75) is 24.1 Å². The van der Waals surface area contributed by atoms with Gasteiger partial charge in [-0.2, -0.15) is 4.31 Å². The molecule has 2 aromatic rings. The van der Waals surface area contributed by atoms with E-state index in [-0.39, 0.29) is 24.6 Å². The molecule has 1 aliphatic rings. The molecule has 1 atom stereocenters. The molecule has 168 valence electrons. The van der Waals surface area contributed by atoms with Crippen molar-refractivity contribution >= 4 is 21.8 Å². The number of aromatic nitrogens is 2. The summed E-state index contributed by atoms with van der Waals surface area (Å²) >= 11 is 0. The molecule has 11 nitrogen and oxygen atoms in total. The lowest BCUT2D eigenvalue weighted by Gasteiger charge is -2.23. The third-order valence-electron chi connectivity index (χ3n) is 4.69. The molecule has 2 amide bonds. The van der Waals surface area contributed by atoms with Crippen molar-refractivity contribution in [3.63, 3.8) is 0 Å². The summed E-state index contributed by atoms with van der Waals surface area (Å²) in [6.45, 7) is 1.18. The fourth-order valence-corrected chi connectivity index (χ4v) is 4.56. The Labute approximate surface area is 180 Å². The van der Waals surface area contributed by atoms with Gasteiger partial charge in [-0.1, -0.05) is 0 Å². The van der Waals surface area contributed by atoms with Gasteiger partial charge in [-0.15, -0.1) is 0 Å². The largest absolute Gasteiger partial charge is 0.497 e. The molecule has 0 spiro atoms. The van der Waals surface area contributed by atoms with Crippen molar-refractivity contribution in [1.29, 1.82) is 0 Å². The Morgan fingerprint density at radius 2 is 1.97 bits per heavy atom. The quantitative estimate of drug-likeness (QED) is 0.390. The maximum atomic E-state index is 12.9. The van der Waals surface area contributed by atoms with E-state index in [0.29, 0.717) is 25.3 Å². The van der Waals surface area contributed by atoms with Crippen molar-refractivity contribution in [3.05, 3.63) is 43.0 Å². The Bertz CT molecular complexity index is 978. The maximum absolute atomic E-state index is 12.9. The van der Waals surface area contributed by atoms with Crippen molar-refractivity contribution in [1.82, 2.24) is 24.5 Å². The molecule has 1 aromatic heterocycles. The molecule has 31 heavy (non-hydrogen) atoms. The highest BCUT2D eigenvalue weighted by Crippen LogP contribution is 2.23. The molecule has 0 bridgehead atoms. The van der Waals surface area contributed by atoms with Gasteiger partial charge in [-0.3, -0.25) is 9.59 Å². The molecule has 0 radical (unpaired) electrons. The van der Waals surface area contributed by atoms with E-state index in [2.05, 4.69) is 15.6 Å². The lowest BCUT2D eigenvalue weighted by molar-refractivity contribution is -0.139. The first-order valence-corrected chi connectivity index (χ1v) is 11.1. The highest BCUT2D eigenvalue weighted by atomic mass is 32.2. The van der Waals surface area contributed by atoms with E-state index < -0.39 is 28.1 Å². The number of nitrogens with zero attached hydrogens (tertiary/aromatic N) is 3. The van der Waals surface area contributed by atoms with Crippen LogP contribution in [0.2, 0.25) is 0 Å². The smallest absolute Gasteiger partial charge is 0.309 e. The molecule has 1 aliphatic heterocycles. The molecule has 0 aliphatic carbocycles. The average Bonchev–Trinajstić information content (AvgIpc) is 3.47. The van der Waals surface area contributed by atoms with E-state index in [9.17, 15) is 18.0 Å². The second-order valence-corrected chi connectivity index (χ2v) is 8.63. The summed E-state index contributed by atoms with van der Waals surface area (Å²) < 4.78 is 39.3. The third kappa shape index (κ3) is 5.81. The molecule has 3 rings (SSSR count). The number of hydrogen-bond donors (Lipinski definition) is 2. The van der Waals surface area contributed by atoms with Crippen LogP contribution < -0.4 is 15.4 Å². The van der Waals surface area contributed by atoms with E-state index in [1.165, 1.54) is 19.2 Å². The maximum Gasteiger partial charge on any atom is 0.309 e. The number of hydrogen-bond acceptors (Lipinski definition) is 7. The first kappa shape index (κ1) is 22.7. The van der Waals surface area contributed by atoms with E-state index in [1.54, 1.807) is 24.7 Å². The van der Waals surface area contributed by atoms with Crippen LogP contribution in [0.25, 0.3) is 0 Å². The molecule has 2 heterocycles. The molecule has 2 N–H and O–H groups in total. The Balaban J connectivity index is 1.48. The van der Waals surface area contributed by atoms with E-state index in [0.717, 1.165) is 4.31 Å². The predicted octanol–water partition coefficient (Wildman–Crippen LogP) is -0.439. The number of methoxy groups -OCH3 is 1. The summed E-state index contributed by atoms with van der Waals surface area (Å²) in [5.74, 6) is -1.09. The summed E-state index contributed by atoms with van der Waals surface area (Å²) in [5.41, 5.74) is 0. The molecular formula is C19H25N5O6S. The Morgan fingerprint density at radius 3 is 2.65 bits per heavy atom. The summed E-state index contributed by atoms with van der Waals surface area (Å²) in [4.78, 5) is 28.0. The minimum Gasteiger partial charge on any atom is -0.497 e. The van der Waals surface area contributed by atoms with Gasteiger partial charge < -0.3 is 24.7 Å². The SMILES string of the molecule is COc1ccc(S(=O)(=O)N2CCO[C@@H]2CNC(=O)C(=O)NCCCn2ccnc2)cc1. The fraction of sp³-hybridized carbons (Fsp3) is 0.421. The van der Waals surface area contributed by atoms with Crippen LogP contribution >= 0.6 is 0 Å². The van der Waals surface area contributed by atoms with Crippen molar-refractivity contribution in [3.8, 4) is 5.75 Å². The highest BCUT2D eigenvalue weighted by molar-refractivity contribution is 7.89. The topological polar surface area (TPSA) is 132 Å². The second-order valence-electron chi connectivity index (χ2n) is 6.74. The molecule has 1 fully saturated rings. The summed E-state index contributed by atoms with van der Waals surface area (Å²) in [5, 5.41) is 4.96. The molecule has 1 saturated heterocycles. The Kier molecular flexibility index (Phi) is 7.60. The van der Waals surface area contributed by atoms with Crippen LogP contribution in [0.5, 0.6) is 5.75 Å². The number of carbonyl (C=O) groups excluding carboxylic acids is 2. The summed E-state index contributed by atoms with van der Waals surface area (Å²) in [6.07, 6.45) is 4.87. The highest BCUT2D eigenvalue weighted by Gasteiger charge is 2.36. The van der Waals surface area contributed by atoms with Crippen LogP contribution in [-0.4, -0.2) is 73.7 Å². The number of ether oxygens (including phenoxy) is 2. The molecule has 12 heteroatoms. The zero-order valence-corrected chi connectivity index (χ0v) is 17.9. The van der Waals surface area contributed by atoms with Crippen molar-refractivity contribution in [2.75, 3.05) is 33.4 Å². The van der Waals surface area contributed by atoms with Crippen molar-refractivity contribution in [2.24, 2.45) is 0 Å². The Morgan fingerprint density at radius 1 is 1.23 bits per heavy atom. The lowest BCUT2D eigenvalue weighted by atomic mass is 10.3. The number of aryl methyl sites for hydroxylation is 1. The van der Waals surface area contributed by atoms with Crippen LogP contribution in [0.1, 0.15) is 6.42 Å². The predicted molar refractivity (Wildman–Crippen MR) is 109 cm³/mol. The van der Waals surface area contributed by atoms with E-state index >= 15 is 0 Å². The number of nitrogens with one attached hydrogen (secondary N) is 2. The van der Waals surface area contributed by atoms with Crippen LogP contribution in [0, 0.1) is 0 Å². The number of rotatable bonds is 9. The minimum absolute atomic E-state index is 0.0887. The summed E-state index contributed by atoms with van der Waals surface area (Å²) in [6, 6.07) is 5.99. The van der Waals surface area contributed by atoms with Gasteiger partial charge in [0.05, 0.1) is 31.5 Å². The van der Waals surface area contributed by atoms with Gasteiger partial charge >= 0.3 is 11.8 Å². The van der Waals surface area contributed by atoms with Crippen LogP contribution in [0.15, 0.2) is 47.9 Å². The number of imidazole rings is 1. The van der Waals surface area contributed by atoms with Gasteiger partial charge in [0.1, 0.15) is 12.0 Å². The third-order valence-corrected chi connectivity index (χ3v) is 6.59. The van der Waals surface area contributed by atoms with Gasteiger partial charge in [0, 0.05) is 32.0 Å². The monoisotopic (exact) mass is 451 g/mol. The van der Waals surface area contributed by atoms with Gasteiger partial charge in [0.2, 0.25) is 10.0 Å². The Hall–Kier alpha value is -2.96. The molecule has 0 unspecified atom stereocenters. The van der Waals surface area contributed by atoms with Crippen molar-refractivity contribution < 1.29 is 27.5 Å². The standard InChI is InChI=1S/C19H25N5O6S/c1-29-15-3-5-16(6-4-15)31(27,28)24-11-12-30-17(24)13-22-19(26)18(25)21-7-2-9-23-10-8-20-14-23/h3-6,8,10,14,17H,2,7,9,11-13H2,1H3,(H,21,25)(H,22,26)/t17-/m1/s1. The van der Waals surface area contributed by atoms with Gasteiger partial charge in [0.25, 0.3) is 0 Å². The van der Waals surface area contributed by atoms with E-state index in [4.69, 9.17) is 9.47 Å². The van der Waals surface area contributed by atoms with E-state index in [1.807, 2.05) is 10.8 Å². The molecule has 0 saturated carbocycles. The second kappa shape index (κ2) is 10.4. The van der Waals surface area contributed by atoms with Gasteiger partial charge in [0.15, 0.2) is 0 Å². The zero-order valence-electron chi connectivity index (χ0n) is 17.1. The van der Waals surface area contributed by atoms with Crippen LogP contribution in [0.3, 0.4) is 0 Å². The normalized spacial score (nSPS) is 16.7. The van der Waals surface area contributed by atoms with Crippen LogP contribution in [-0.2, 0) is 30.9 Å². The zero-order chi connectivity index (χ0) is 22.3. The minimum atomic E-state index is -3.83. The number of carbonyl (C=O) groups is 2. The number of benzene rings is 1. The summed E-state index contributed by atoms with van der Waals surface area (Å²) in [7, 11) is -2.33. The molecule has 1 aromatic carbocycles. The first-order chi connectivity index (χ1) is 14.9. The number of amides is 2. The number of sulfonamides is 1. The lowest BCUT2D eigenvalue weighted by Crippen LogP contribution is -2.47. The van der Waals surface area contributed by atoms with Gasteiger partial charge in [-0.25, -0.2) is 13.4 Å². The van der Waals surface area contributed by atoms with Crippen LogP contribution in [0.4, 0.5) is 0 Å².